The summed E-state index contributed by atoms with van der Waals surface area (Å²) in [7, 11) is 0. The van der Waals surface area contributed by atoms with Crippen LogP contribution in [-0.4, -0.2) is 42.2 Å². The van der Waals surface area contributed by atoms with Crippen LogP contribution >= 0.6 is 23.2 Å². The Kier molecular flexibility index (Phi) is 3.23. The van der Waals surface area contributed by atoms with Gasteiger partial charge in [0, 0.05) is 31.5 Å². The third-order valence-corrected chi connectivity index (χ3v) is 4.39. The van der Waals surface area contributed by atoms with Crippen molar-refractivity contribution in [1.82, 2.24) is 9.88 Å². The van der Waals surface area contributed by atoms with E-state index in [4.69, 9.17) is 27.9 Å². The first-order chi connectivity index (χ1) is 9.08. The average molecular weight is 300 g/mol. The molecule has 3 heterocycles. The molecule has 3 rings (SSSR count). The molecule has 4 nitrogen and oxygen atoms in total. The summed E-state index contributed by atoms with van der Waals surface area (Å²) in [5.41, 5.74) is 1.09. The van der Waals surface area contributed by atoms with Crippen molar-refractivity contribution in [2.45, 2.75) is 13.0 Å². The zero-order valence-electron chi connectivity index (χ0n) is 10.7. The number of pyridine rings is 1. The van der Waals surface area contributed by atoms with Crippen LogP contribution in [0.4, 0.5) is 5.82 Å². The van der Waals surface area contributed by atoms with Gasteiger partial charge in [0.2, 0.25) is 0 Å². The number of fused-ring (bicyclic) bond motifs is 3. The van der Waals surface area contributed by atoms with E-state index in [2.05, 4.69) is 21.4 Å². The lowest BCUT2D eigenvalue weighted by molar-refractivity contribution is 0.191. The fourth-order valence-electron chi connectivity index (χ4n) is 2.58. The monoisotopic (exact) mass is 299 g/mol. The maximum absolute atomic E-state index is 6.17. The van der Waals surface area contributed by atoms with Gasteiger partial charge in [-0.2, -0.15) is 0 Å². The highest BCUT2D eigenvalue weighted by Crippen LogP contribution is 2.42. The molecule has 0 radical (unpaired) electrons. The Balaban J connectivity index is 1.91. The number of nitrogens with zero attached hydrogens (tertiary/aromatic N) is 3. The van der Waals surface area contributed by atoms with Crippen LogP contribution < -0.4 is 9.64 Å². The third kappa shape index (κ3) is 2.13. The van der Waals surface area contributed by atoms with Crippen LogP contribution in [0.15, 0.2) is 18.5 Å². The predicted molar refractivity (Wildman–Crippen MR) is 77.3 cm³/mol. The molecule has 0 aliphatic carbocycles. The highest BCUT2D eigenvalue weighted by Gasteiger charge is 2.35. The topological polar surface area (TPSA) is 28.6 Å². The number of rotatable bonds is 1. The molecule has 2 aliphatic heterocycles. The molecule has 1 unspecified atom stereocenters. The molecule has 19 heavy (non-hydrogen) atoms. The Morgan fingerprint density at radius 1 is 1.47 bits per heavy atom. The van der Waals surface area contributed by atoms with E-state index in [1.807, 2.05) is 6.92 Å². The molecule has 0 saturated carbocycles. The Labute approximate surface area is 122 Å². The summed E-state index contributed by atoms with van der Waals surface area (Å²) in [6, 6.07) is 0.280. The SMILES string of the molecule is C=C(C)N1CCN2c3ncc(Cl)c(Cl)c3OCC2C1. The van der Waals surface area contributed by atoms with Crippen molar-refractivity contribution in [2.75, 3.05) is 31.1 Å². The lowest BCUT2D eigenvalue weighted by Crippen LogP contribution is -2.56. The predicted octanol–water partition coefficient (Wildman–Crippen LogP) is 2.81. The summed E-state index contributed by atoms with van der Waals surface area (Å²) in [6.45, 7) is 9.35. The van der Waals surface area contributed by atoms with Crippen molar-refractivity contribution in [3.8, 4) is 5.75 Å². The van der Waals surface area contributed by atoms with Gasteiger partial charge in [-0.25, -0.2) is 4.98 Å². The lowest BCUT2D eigenvalue weighted by atomic mass is 10.1. The quantitative estimate of drug-likeness (QED) is 0.797. The molecule has 0 bridgehead atoms. The number of aromatic nitrogens is 1. The van der Waals surface area contributed by atoms with E-state index < -0.39 is 0 Å². The smallest absolute Gasteiger partial charge is 0.182 e. The zero-order chi connectivity index (χ0) is 13.6. The number of halogens is 2. The van der Waals surface area contributed by atoms with E-state index >= 15 is 0 Å². The summed E-state index contributed by atoms with van der Waals surface area (Å²) >= 11 is 12.1. The van der Waals surface area contributed by atoms with E-state index in [-0.39, 0.29) is 6.04 Å². The second-order valence-corrected chi connectivity index (χ2v) is 5.70. The van der Waals surface area contributed by atoms with Gasteiger partial charge in [-0.3, -0.25) is 0 Å². The van der Waals surface area contributed by atoms with Crippen molar-refractivity contribution in [3.63, 3.8) is 0 Å². The molecule has 1 saturated heterocycles. The van der Waals surface area contributed by atoms with E-state index in [9.17, 15) is 0 Å². The van der Waals surface area contributed by atoms with Crippen molar-refractivity contribution in [1.29, 1.82) is 0 Å². The van der Waals surface area contributed by atoms with Gasteiger partial charge in [0.25, 0.3) is 0 Å². The van der Waals surface area contributed by atoms with Crippen molar-refractivity contribution in [3.05, 3.63) is 28.5 Å². The van der Waals surface area contributed by atoms with Crippen LogP contribution in [0.2, 0.25) is 10.0 Å². The van der Waals surface area contributed by atoms with Gasteiger partial charge in [-0.05, 0) is 6.92 Å². The average Bonchev–Trinajstić information content (AvgIpc) is 2.41. The Bertz CT molecular complexity index is 535. The number of hydrogen-bond acceptors (Lipinski definition) is 4. The number of hydrogen-bond donors (Lipinski definition) is 0. The Morgan fingerprint density at radius 3 is 3.00 bits per heavy atom. The molecule has 0 aromatic carbocycles. The molecular formula is C13H15Cl2N3O. The largest absolute Gasteiger partial charge is 0.486 e. The molecule has 0 spiro atoms. The molecule has 0 N–H and O–H groups in total. The zero-order valence-corrected chi connectivity index (χ0v) is 12.2. The second-order valence-electron chi connectivity index (χ2n) is 4.91. The Morgan fingerprint density at radius 2 is 2.26 bits per heavy atom. The molecule has 2 aliphatic rings. The molecule has 6 heteroatoms. The maximum atomic E-state index is 6.17. The van der Waals surface area contributed by atoms with Gasteiger partial charge < -0.3 is 14.5 Å². The molecule has 1 atom stereocenters. The van der Waals surface area contributed by atoms with E-state index in [1.165, 1.54) is 0 Å². The van der Waals surface area contributed by atoms with Gasteiger partial charge in [0.15, 0.2) is 11.6 Å². The van der Waals surface area contributed by atoms with E-state index in [1.54, 1.807) is 6.20 Å². The minimum absolute atomic E-state index is 0.280. The molecule has 1 aromatic heterocycles. The summed E-state index contributed by atoms with van der Waals surface area (Å²) in [5.74, 6) is 1.40. The van der Waals surface area contributed by atoms with Gasteiger partial charge >= 0.3 is 0 Å². The molecular weight excluding hydrogens is 285 g/mol. The van der Waals surface area contributed by atoms with E-state index in [0.717, 1.165) is 31.1 Å². The van der Waals surface area contributed by atoms with Crippen LogP contribution in [0.5, 0.6) is 5.75 Å². The molecule has 0 amide bonds. The van der Waals surface area contributed by atoms with Crippen LogP contribution in [0.1, 0.15) is 6.92 Å². The fraction of sp³-hybridized carbons (Fsp3) is 0.462. The van der Waals surface area contributed by atoms with Crippen molar-refractivity contribution >= 4 is 29.0 Å². The summed E-state index contributed by atoms with van der Waals surface area (Å²) in [6.07, 6.45) is 1.58. The Hall–Kier alpha value is -1.13. The summed E-state index contributed by atoms with van der Waals surface area (Å²) < 4.78 is 5.76. The number of allylic oxidation sites excluding steroid dienone is 1. The number of anilines is 1. The summed E-state index contributed by atoms with van der Waals surface area (Å²) in [4.78, 5) is 8.90. The third-order valence-electron chi connectivity index (χ3n) is 3.63. The summed E-state index contributed by atoms with van der Waals surface area (Å²) in [5, 5.41) is 0.881. The number of ether oxygens (including phenoxy) is 1. The van der Waals surface area contributed by atoms with Crippen molar-refractivity contribution in [2.24, 2.45) is 0 Å². The first-order valence-corrected chi connectivity index (χ1v) is 6.97. The van der Waals surface area contributed by atoms with Crippen LogP contribution in [0, 0.1) is 0 Å². The van der Waals surface area contributed by atoms with Gasteiger partial charge in [0.05, 0.1) is 11.1 Å². The number of piperazine rings is 1. The van der Waals surface area contributed by atoms with Crippen LogP contribution in [0.3, 0.4) is 0 Å². The molecule has 1 fully saturated rings. The maximum Gasteiger partial charge on any atom is 0.182 e. The molecule has 1 aromatic rings. The normalized spacial score (nSPS) is 21.5. The first kappa shape index (κ1) is 12.9. The van der Waals surface area contributed by atoms with Gasteiger partial charge in [0.1, 0.15) is 11.6 Å². The molecule has 102 valence electrons. The van der Waals surface area contributed by atoms with Gasteiger partial charge in [-0.1, -0.05) is 29.8 Å². The van der Waals surface area contributed by atoms with E-state index in [0.29, 0.717) is 22.4 Å². The highest BCUT2D eigenvalue weighted by atomic mass is 35.5. The minimum atomic E-state index is 0.280. The standard InChI is InChI=1S/C13H15Cl2N3O/c1-8(2)17-3-4-18-9(6-17)7-19-12-11(15)10(14)5-16-13(12)18/h5,9H,1,3-4,6-7H2,2H3. The van der Waals surface area contributed by atoms with Gasteiger partial charge in [-0.15, -0.1) is 0 Å². The van der Waals surface area contributed by atoms with Crippen LogP contribution in [0.25, 0.3) is 0 Å². The first-order valence-electron chi connectivity index (χ1n) is 6.22. The lowest BCUT2D eigenvalue weighted by Gasteiger charge is -2.45. The van der Waals surface area contributed by atoms with Crippen molar-refractivity contribution < 1.29 is 4.74 Å². The second kappa shape index (κ2) is 4.76. The highest BCUT2D eigenvalue weighted by molar-refractivity contribution is 6.43. The fourth-order valence-corrected chi connectivity index (χ4v) is 2.90. The minimum Gasteiger partial charge on any atom is -0.486 e. The van der Waals surface area contributed by atoms with Crippen LogP contribution in [-0.2, 0) is 0 Å².